The number of halogens is 2. The van der Waals surface area contributed by atoms with Crippen LogP contribution in [0.4, 0.5) is 4.39 Å². The first-order valence-electron chi connectivity index (χ1n) is 8.60. The fraction of sp³-hybridized carbons (Fsp3) is 0.611. The van der Waals surface area contributed by atoms with Gasteiger partial charge in [0.2, 0.25) is 0 Å². The van der Waals surface area contributed by atoms with Gasteiger partial charge in [-0.25, -0.2) is 4.39 Å². The zero-order valence-corrected chi connectivity index (χ0v) is 17.3. The highest BCUT2D eigenvalue weighted by atomic mass is 79.9. The molecule has 0 aromatic heterocycles. The zero-order chi connectivity index (χ0) is 18.1. The second-order valence-corrected chi connectivity index (χ2v) is 8.38. The van der Waals surface area contributed by atoms with Gasteiger partial charge in [0, 0.05) is 42.6 Å². The van der Waals surface area contributed by atoms with Crippen LogP contribution in [0.2, 0.25) is 0 Å². The Morgan fingerprint density at radius 3 is 2.76 bits per heavy atom. The number of ether oxygens (including phenoxy) is 1. The first-order valence-corrected chi connectivity index (χ1v) is 10.6. The van der Waals surface area contributed by atoms with Gasteiger partial charge in [-0.05, 0) is 49.6 Å². The third kappa shape index (κ3) is 6.46. The number of aliphatic imine (C=N–C) groups is 1. The van der Waals surface area contributed by atoms with Crippen LogP contribution in [0.25, 0.3) is 0 Å². The summed E-state index contributed by atoms with van der Waals surface area (Å²) < 4.78 is 20.3. The maximum absolute atomic E-state index is 13.8. The summed E-state index contributed by atoms with van der Waals surface area (Å²) in [6.07, 6.45) is 5.83. The molecule has 0 spiro atoms. The Morgan fingerprint density at radius 2 is 2.12 bits per heavy atom. The van der Waals surface area contributed by atoms with Crippen molar-refractivity contribution in [2.75, 3.05) is 39.6 Å². The van der Waals surface area contributed by atoms with E-state index in [9.17, 15) is 4.39 Å². The average molecular weight is 432 g/mol. The molecule has 1 aliphatic rings. The van der Waals surface area contributed by atoms with Crippen molar-refractivity contribution in [1.29, 1.82) is 0 Å². The minimum Gasteiger partial charge on any atom is -0.381 e. The number of hydrogen-bond acceptors (Lipinski definition) is 3. The van der Waals surface area contributed by atoms with Gasteiger partial charge >= 0.3 is 0 Å². The smallest absolute Gasteiger partial charge is 0.191 e. The number of aryl methyl sites for hydroxylation is 1. The predicted molar refractivity (Wildman–Crippen MR) is 108 cm³/mol. The standard InChI is InChI=1S/C18H27BrFN3OS/c1-21-17(23-13-18(25-2)7-10-24-11-8-18)22-9-3-4-14-5-6-15(19)12-16(14)20/h5-6,12H,3-4,7-11,13H2,1-2H3,(H2,21,22,23). The van der Waals surface area contributed by atoms with Gasteiger partial charge in [0.25, 0.3) is 0 Å². The van der Waals surface area contributed by atoms with E-state index in [-0.39, 0.29) is 10.6 Å². The Balaban J connectivity index is 1.73. The van der Waals surface area contributed by atoms with E-state index in [0.29, 0.717) is 6.42 Å². The van der Waals surface area contributed by atoms with E-state index in [2.05, 4.69) is 37.8 Å². The van der Waals surface area contributed by atoms with Crippen LogP contribution >= 0.6 is 27.7 Å². The number of nitrogens with one attached hydrogen (secondary N) is 2. The van der Waals surface area contributed by atoms with Gasteiger partial charge in [0.05, 0.1) is 0 Å². The van der Waals surface area contributed by atoms with Crippen molar-refractivity contribution in [3.8, 4) is 0 Å². The lowest BCUT2D eigenvalue weighted by molar-refractivity contribution is 0.0783. The molecule has 0 radical (unpaired) electrons. The summed E-state index contributed by atoms with van der Waals surface area (Å²) >= 11 is 5.18. The monoisotopic (exact) mass is 431 g/mol. The Morgan fingerprint density at radius 1 is 1.36 bits per heavy atom. The van der Waals surface area contributed by atoms with Gasteiger partial charge in [0.15, 0.2) is 5.96 Å². The summed E-state index contributed by atoms with van der Waals surface area (Å²) in [6, 6.07) is 5.22. The molecule has 0 atom stereocenters. The molecule has 25 heavy (non-hydrogen) atoms. The van der Waals surface area contributed by atoms with Crippen LogP contribution in [-0.2, 0) is 11.2 Å². The lowest BCUT2D eigenvalue weighted by Gasteiger charge is -2.36. The fourth-order valence-electron chi connectivity index (χ4n) is 2.87. The van der Waals surface area contributed by atoms with Crippen LogP contribution in [0.3, 0.4) is 0 Å². The molecule has 2 rings (SSSR count). The first-order chi connectivity index (χ1) is 12.1. The number of thioether (sulfide) groups is 1. The first kappa shape index (κ1) is 20.5. The third-order valence-electron chi connectivity index (χ3n) is 4.57. The molecule has 1 aromatic rings. The largest absolute Gasteiger partial charge is 0.381 e. The summed E-state index contributed by atoms with van der Waals surface area (Å²) in [7, 11) is 1.78. The van der Waals surface area contributed by atoms with Crippen molar-refractivity contribution in [3.63, 3.8) is 0 Å². The maximum Gasteiger partial charge on any atom is 0.191 e. The van der Waals surface area contributed by atoms with Gasteiger partial charge in [-0.2, -0.15) is 11.8 Å². The van der Waals surface area contributed by atoms with Crippen LogP contribution in [0.15, 0.2) is 27.7 Å². The molecule has 0 bridgehead atoms. The van der Waals surface area contributed by atoms with Crippen molar-refractivity contribution in [1.82, 2.24) is 10.6 Å². The lowest BCUT2D eigenvalue weighted by atomic mass is 9.99. The minimum atomic E-state index is -0.154. The van der Waals surface area contributed by atoms with Crippen LogP contribution in [0.1, 0.15) is 24.8 Å². The minimum absolute atomic E-state index is 0.154. The molecule has 0 amide bonds. The Hall–Kier alpha value is -0.790. The molecule has 2 N–H and O–H groups in total. The summed E-state index contributed by atoms with van der Waals surface area (Å²) in [4.78, 5) is 4.29. The third-order valence-corrected chi connectivity index (χ3v) is 6.48. The summed E-state index contributed by atoms with van der Waals surface area (Å²) in [6.45, 7) is 3.28. The lowest BCUT2D eigenvalue weighted by Crippen LogP contribution is -2.48. The number of rotatable bonds is 7. The quantitative estimate of drug-likeness (QED) is 0.393. The molecule has 1 fully saturated rings. The van der Waals surface area contributed by atoms with Crippen LogP contribution < -0.4 is 10.6 Å². The van der Waals surface area contributed by atoms with Crippen molar-refractivity contribution in [3.05, 3.63) is 34.1 Å². The SMILES string of the molecule is CN=C(NCCCc1ccc(Br)cc1F)NCC1(SC)CCOCC1. The molecule has 1 saturated heterocycles. The van der Waals surface area contributed by atoms with E-state index >= 15 is 0 Å². The van der Waals surface area contributed by atoms with E-state index in [4.69, 9.17) is 4.74 Å². The van der Waals surface area contributed by atoms with Crippen LogP contribution in [0.5, 0.6) is 0 Å². The highest BCUT2D eigenvalue weighted by Gasteiger charge is 2.31. The molecule has 0 aliphatic carbocycles. The molecule has 0 unspecified atom stereocenters. The fourth-order valence-corrected chi connectivity index (χ4v) is 4.00. The summed E-state index contributed by atoms with van der Waals surface area (Å²) in [5.74, 6) is 0.648. The second kappa shape index (κ2) is 10.4. The van der Waals surface area contributed by atoms with Gasteiger partial charge in [0.1, 0.15) is 5.82 Å². The molecule has 7 heteroatoms. The molecule has 4 nitrogen and oxygen atoms in total. The van der Waals surface area contributed by atoms with Crippen molar-refractivity contribution < 1.29 is 9.13 Å². The molecule has 1 aliphatic heterocycles. The number of nitrogens with zero attached hydrogens (tertiary/aromatic N) is 1. The van der Waals surface area contributed by atoms with Gasteiger partial charge in [-0.1, -0.05) is 22.0 Å². The summed E-state index contributed by atoms with van der Waals surface area (Å²) in [5.41, 5.74) is 0.747. The Bertz CT molecular complexity index is 579. The van der Waals surface area contributed by atoms with Crippen LogP contribution in [-0.4, -0.2) is 50.3 Å². The highest BCUT2D eigenvalue weighted by molar-refractivity contribution is 9.10. The van der Waals surface area contributed by atoms with Crippen molar-refractivity contribution in [2.24, 2.45) is 4.99 Å². The van der Waals surface area contributed by atoms with E-state index in [1.165, 1.54) is 6.07 Å². The molecule has 0 saturated carbocycles. The van der Waals surface area contributed by atoms with Crippen molar-refractivity contribution >= 4 is 33.7 Å². The molecular formula is C18H27BrFN3OS. The number of guanidine groups is 1. The van der Waals surface area contributed by atoms with Gasteiger partial charge in [-0.3, -0.25) is 4.99 Å². The molecular weight excluding hydrogens is 405 g/mol. The Kier molecular flexibility index (Phi) is 8.52. The normalized spacial score (nSPS) is 17.4. The number of benzene rings is 1. The van der Waals surface area contributed by atoms with Gasteiger partial charge < -0.3 is 15.4 Å². The van der Waals surface area contributed by atoms with Gasteiger partial charge in [-0.15, -0.1) is 0 Å². The van der Waals surface area contributed by atoms with E-state index < -0.39 is 0 Å². The van der Waals surface area contributed by atoms with Crippen molar-refractivity contribution in [2.45, 2.75) is 30.4 Å². The summed E-state index contributed by atoms with van der Waals surface area (Å²) in [5, 5.41) is 6.75. The van der Waals surface area contributed by atoms with E-state index in [0.717, 1.165) is 61.6 Å². The average Bonchev–Trinajstić information content (AvgIpc) is 2.63. The Labute approximate surface area is 162 Å². The maximum atomic E-state index is 13.8. The molecule has 1 heterocycles. The predicted octanol–water partition coefficient (Wildman–Crippen LogP) is 3.60. The number of hydrogen-bond donors (Lipinski definition) is 2. The molecule has 1 aromatic carbocycles. The highest BCUT2D eigenvalue weighted by Crippen LogP contribution is 2.32. The molecule has 140 valence electrons. The topological polar surface area (TPSA) is 45.7 Å². The van der Waals surface area contributed by atoms with E-state index in [1.54, 1.807) is 7.05 Å². The van der Waals surface area contributed by atoms with Crippen LogP contribution in [0, 0.1) is 5.82 Å². The zero-order valence-electron chi connectivity index (χ0n) is 14.9. The van der Waals surface area contributed by atoms with E-state index in [1.807, 2.05) is 23.9 Å². The second-order valence-electron chi connectivity index (χ2n) is 6.19.